The average molecular weight is 203 g/mol. The smallest absolute Gasteiger partial charge is 0.195 e. The molecule has 78 valence electrons. The van der Waals surface area contributed by atoms with Crippen LogP contribution in [0.2, 0.25) is 0 Å². The molecule has 3 nitrogen and oxygen atoms in total. The number of aromatic nitrogens is 1. The van der Waals surface area contributed by atoms with Gasteiger partial charge in [-0.2, -0.15) is 0 Å². The van der Waals surface area contributed by atoms with Gasteiger partial charge in [0, 0.05) is 17.1 Å². The Morgan fingerprint density at radius 1 is 1.40 bits per heavy atom. The fourth-order valence-corrected chi connectivity index (χ4v) is 1.73. The van der Waals surface area contributed by atoms with Gasteiger partial charge in [-0.1, -0.05) is 12.1 Å². The lowest BCUT2D eigenvalue weighted by atomic mass is 10.1. The summed E-state index contributed by atoms with van der Waals surface area (Å²) in [6.45, 7) is 3.53. The van der Waals surface area contributed by atoms with E-state index in [1.807, 2.05) is 19.1 Å². The molecule has 0 bridgehead atoms. The van der Waals surface area contributed by atoms with Crippen LogP contribution in [-0.2, 0) is 0 Å². The molecule has 1 unspecified atom stereocenters. The van der Waals surface area contributed by atoms with Crippen molar-refractivity contribution in [1.29, 1.82) is 0 Å². The van der Waals surface area contributed by atoms with Gasteiger partial charge >= 0.3 is 0 Å². The minimum Gasteiger partial charge on any atom is -0.389 e. The molecule has 0 fully saturated rings. The summed E-state index contributed by atoms with van der Waals surface area (Å²) < 4.78 is 0. The number of hydrogen-bond donors (Lipinski definition) is 2. The van der Waals surface area contributed by atoms with Crippen LogP contribution < -0.4 is 5.43 Å². The van der Waals surface area contributed by atoms with E-state index in [2.05, 4.69) is 4.98 Å². The Kier molecular flexibility index (Phi) is 2.32. The molecule has 0 aliphatic heterocycles. The largest absolute Gasteiger partial charge is 0.389 e. The molecular formula is C12H13NO2. The second kappa shape index (κ2) is 3.51. The first-order valence-corrected chi connectivity index (χ1v) is 4.90. The van der Waals surface area contributed by atoms with Crippen molar-refractivity contribution in [3.05, 3.63) is 45.7 Å². The van der Waals surface area contributed by atoms with Crippen LogP contribution in [-0.4, -0.2) is 10.1 Å². The summed E-state index contributed by atoms with van der Waals surface area (Å²) in [6, 6.07) is 5.56. The van der Waals surface area contributed by atoms with Gasteiger partial charge in [0.1, 0.15) is 0 Å². The highest BCUT2D eigenvalue weighted by Gasteiger charge is 2.09. The lowest BCUT2D eigenvalue weighted by molar-refractivity contribution is 0.198. The van der Waals surface area contributed by atoms with E-state index in [9.17, 15) is 9.90 Å². The van der Waals surface area contributed by atoms with Crippen LogP contribution in [0.15, 0.2) is 29.2 Å². The Morgan fingerprint density at radius 3 is 2.80 bits per heavy atom. The zero-order chi connectivity index (χ0) is 11.0. The number of benzene rings is 1. The molecule has 1 aromatic carbocycles. The van der Waals surface area contributed by atoms with Crippen LogP contribution in [0.1, 0.15) is 24.2 Å². The Bertz CT molecular complexity index is 555. The molecule has 1 atom stereocenters. The molecular weight excluding hydrogens is 190 g/mol. The van der Waals surface area contributed by atoms with E-state index in [-0.39, 0.29) is 5.43 Å². The second-order valence-electron chi connectivity index (χ2n) is 3.75. The molecule has 2 aromatic rings. The minimum atomic E-state index is -0.737. The summed E-state index contributed by atoms with van der Waals surface area (Å²) in [6.07, 6.45) is 0.848. The average Bonchev–Trinajstić information content (AvgIpc) is 2.19. The molecule has 0 aliphatic carbocycles. The minimum absolute atomic E-state index is 0.0950. The molecule has 15 heavy (non-hydrogen) atoms. The van der Waals surface area contributed by atoms with Crippen LogP contribution in [0.5, 0.6) is 0 Å². The van der Waals surface area contributed by atoms with Crippen LogP contribution in [0.3, 0.4) is 0 Å². The van der Waals surface area contributed by atoms with E-state index in [1.54, 1.807) is 19.2 Å². The first-order chi connectivity index (χ1) is 7.11. The summed E-state index contributed by atoms with van der Waals surface area (Å²) in [5, 5.41) is 10.0. The predicted molar refractivity (Wildman–Crippen MR) is 59.9 cm³/mol. The SMILES string of the molecule is Cc1cccc2c(=O)c(C(C)O)c[nH]c12. The van der Waals surface area contributed by atoms with Gasteiger partial charge in [-0.25, -0.2) is 0 Å². The lowest BCUT2D eigenvalue weighted by Crippen LogP contribution is -2.12. The van der Waals surface area contributed by atoms with Crippen molar-refractivity contribution >= 4 is 10.9 Å². The number of para-hydroxylation sites is 1. The van der Waals surface area contributed by atoms with Crippen molar-refractivity contribution < 1.29 is 5.11 Å². The van der Waals surface area contributed by atoms with Crippen LogP contribution in [0.4, 0.5) is 0 Å². The standard InChI is InChI=1S/C12H13NO2/c1-7-4-3-5-9-11(7)13-6-10(8(2)14)12(9)15/h3-6,8,14H,1-2H3,(H,13,15). The van der Waals surface area contributed by atoms with E-state index in [1.165, 1.54) is 0 Å². The zero-order valence-electron chi connectivity index (χ0n) is 8.74. The highest BCUT2D eigenvalue weighted by molar-refractivity contribution is 5.81. The van der Waals surface area contributed by atoms with Gasteiger partial charge < -0.3 is 10.1 Å². The van der Waals surface area contributed by atoms with Crippen LogP contribution >= 0.6 is 0 Å². The Morgan fingerprint density at radius 2 is 2.13 bits per heavy atom. The lowest BCUT2D eigenvalue weighted by Gasteiger charge is -2.06. The first kappa shape index (κ1) is 9.93. The van der Waals surface area contributed by atoms with E-state index in [0.717, 1.165) is 11.1 Å². The molecule has 2 rings (SSSR count). The molecule has 0 saturated heterocycles. The predicted octanol–water partition coefficient (Wildman–Crippen LogP) is 1.89. The first-order valence-electron chi connectivity index (χ1n) is 4.90. The van der Waals surface area contributed by atoms with Crippen LogP contribution in [0, 0.1) is 6.92 Å². The van der Waals surface area contributed by atoms with Gasteiger partial charge in [0.15, 0.2) is 5.43 Å². The Hall–Kier alpha value is -1.61. The van der Waals surface area contributed by atoms with Crippen molar-refractivity contribution in [1.82, 2.24) is 4.98 Å². The second-order valence-corrected chi connectivity index (χ2v) is 3.75. The Balaban J connectivity index is 2.86. The number of aromatic amines is 1. The third kappa shape index (κ3) is 1.55. The molecule has 0 amide bonds. The number of hydrogen-bond acceptors (Lipinski definition) is 2. The number of aliphatic hydroxyl groups is 1. The van der Waals surface area contributed by atoms with Crippen molar-refractivity contribution in [2.75, 3.05) is 0 Å². The number of pyridine rings is 1. The third-order valence-corrected chi connectivity index (χ3v) is 2.60. The number of aryl methyl sites for hydroxylation is 1. The Labute approximate surface area is 87.4 Å². The maximum atomic E-state index is 11.9. The zero-order valence-corrected chi connectivity index (χ0v) is 8.74. The monoisotopic (exact) mass is 203 g/mol. The normalized spacial score (nSPS) is 13.0. The third-order valence-electron chi connectivity index (χ3n) is 2.60. The van der Waals surface area contributed by atoms with E-state index < -0.39 is 6.10 Å². The van der Waals surface area contributed by atoms with Crippen molar-refractivity contribution in [2.24, 2.45) is 0 Å². The van der Waals surface area contributed by atoms with Gasteiger partial charge in [0.05, 0.1) is 11.6 Å². The number of H-pyrrole nitrogens is 1. The van der Waals surface area contributed by atoms with Crippen LogP contribution in [0.25, 0.3) is 10.9 Å². The quantitative estimate of drug-likeness (QED) is 0.743. The summed E-state index contributed by atoms with van der Waals surface area (Å²) in [7, 11) is 0. The summed E-state index contributed by atoms with van der Waals surface area (Å²) in [5.74, 6) is 0. The van der Waals surface area contributed by atoms with Crippen molar-refractivity contribution in [3.8, 4) is 0 Å². The molecule has 2 N–H and O–H groups in total. The van der Waals surface area contributed by atoms with Gasteiger partial charge in [-0.15, -0.1) is 0 Å². The highest BCUT2D eigenvalue weighted by Crippen LogP contribution is 2.15. The van der Waals surface area contributed by atoms with E-state index in [0.29, 0.717) is 10.9 Å². The number of nitrogens with one attached hydrogen (secondary N) is 1. The summed E-state index contributed by atoms with van der Waals surface area (Å²) in [4.78, 5) is 15.0. The van der Waals surface area contributed by atoms with Gasteiger partial charge in [0.25, 0.3) is 0 Å². The molecule has 3 heteroatoms. The molecule has 0 radical (unpaired) electrons. The maximum Gasteiger partial charge on any atom is 0.195 e. The topological polar surface area (TPSA) is 53.1 Å². The fraction of sp³-hybridized carbons (Fsp3) is 0.250. The number of rotatable bonds is 1. The number of fused-ring (bicyclic) bond motifs is 1. The molecule has 0 spiro atoms. The highest BCUT2D eigenvalue weighted by atomic mass is 16.3. The van der Waals surface area contributed by atoms with E-state index >= 15 is 0 Å². The maximum absolute atomic E-state index is 11.9. The van der Waals surface area contributed by atoms with Gasteiger partial charge in [-0.3, -0.25) is 4.79 Å². The van der Waals surface area contributed by atoms with E-state index in [4.69, 9.17) is 0 Å². The van der Waals surface area contributed by atoms with Gasteiger partial charge in [-0.05, 0) is 25.5 Å². The summed E-state index contributed by atoms with van der Waals surface area (Å²) >= 11 is 0. The summed E-state index contributed by atoms with van der Waals surface area (Å²) in [5.41, 5.74) is 2.18. The molecule has 0 saturated carbocycles. The molecule has 1 aromatic heterocycles. The fourth-order valence-electron chi connectivity index (χ4n) is 1.73. The molecule has 0 aliphatic rings. The molecule has 1 heterocycles. The number of aliphatic hydroxyl groups excluding tert-OH is 1. The van der Waals surface area contributed by atoms with Crippen molar-refractivity contribution in [2.45, 2.75) is 20.0 Å². The van der Waals surface area contributed by atoms with Gasteiger partial charge in [0.2, 0.25) is 0 Å². The van der Waals surface area contributed by atoms with Crippen molar-refractivity contribution in [3.63, 3.8) is 0 Å².